The highest BCUT2D eigenvalue weighted by Crippen LogP contribution is 2.10. The van der Waals surface area contributed by atoms with Gasteiger partial charge in [0.1, 0.15) is 0 Å². The minimum absolute atomic E-state index is 0.483. The molecule has 19 heavy (non-hydrogen) atoms. The maximum atomic E-state index is 13.0. The van der Waals surface area contributed by atoms with Gasteiger partial charge in [-0.1, -0.05) is 30.3 Å². The van der Waals surface area contributed by atoms with Gasteiger partial charge in [-0.2, -0.15) is 0 Å². The first-order valence-electron chi connectivity index (χ1n) is 5.97. The summed E-state index contributed by atoms with van der Waals surface area (Å²) in [6.07, 6.45) is 0. The van der Waals surface area contributed by atoms with Crippen LogP contribution in [0.25, 0.3) is 0 Å². The fourth-order valence-corrected chi connectivity index (χ4v) is 1.99. The van der Waals surface area contributed by atoms with Crippen LogP contribution in [0.1, 0.15) is 16.7 Å². The van der Waals surface area contributed by atoms with Crippen molar-refractivity contribution >= 4 is 11.6 Å². The molecular weight excluding hydrogens is 268 g/mol. The van der Waals surface area contributed by atoms with Crippen molar-refractivity contribution in [1.82, 2.24) is 5.32 Å². The van der Waals surface area contributed by atoms with E-state index in [-0.39, 0.29) is 0 Å². The quantitative estimate of drug-likeness (QED) is 0.817. The van der Waals surface area contributed by atoms with E-state index in [2.05, 4.69) is 5.32 Å². The molecule has 0 fully saturated rings. The van der Waals surface area contributed by atoms with Crippen LogP contribution in [0.2, 0.25) is 0 Å². The van der Waals surface area contributed by atoms with Crippen LogP contribution in [0.3, 0.4) is 0 Å². The van der Waals surface area contributed by atoms with Gasteiger partial charge in [-0.05, 0) is 28.8 Å². The van der Waals surface area contributed by atoms with Gasteiger partial charge in [0.15, 0.2) is 11.6 Å². The highest BCUT2D eigenvalue weighted by molar-refractivity contribution is 6.17. The first-order chi connectivity index (χ1) is 9.19. The van der Waals surface area contributed by atoms with Gasteiger partial charge < -0.3 is 5.32 Å². The first-order valence-corrected chi connectivity index (χ1v) is 6.51. The van der Waals surface area contributed by atoms with E-state index in [9.17, 15) is 8.78 Å². The molecule has 0 heterocycles. The van der Waals surface area contributed by atoms with Crippen LogP contribution in [-0.4, -0.2) is 0 Å². The zero-order chi connectivity index (χ0) is 13.7. The summed E-state index contributed by atoms with van der Waals surface area (Å²) in [5.41, 5.74) is 2.89. The lowest BCUT2D eigenvalue weighted by molar-refractivity contribution is 0.506. The number of nitrogens with one attached hydrogen (secondary N) is 1. The molecule has 0 atom stereocenters. The average Bonchev–Trinajstić information content (AvgIpc) is 2.43. The summed E-state index contributed by atoms with van der Waals surface area (Å²) in [6.45, 7) is 1.14. The fourth-order valence-electron chi connectivity index (χ4n) is 1.82. The third-order valence-electron chi connectivity index (χ3n) is 2.79. The van der Waals surface area contributed by atoms with Crippen molar-refractivity contribution in [2.75, 3.05) is 0 Å². The Bertz CT molecular complexity index is 558. The van der Waals surface area contributed by atoms with E-state index >= 15 is 0 Å². The van der Waals surface area contributed by atoms with Crippen LogP contribution in [-0.2, 0) is 19.0 Å². The summed E-state index contributed by atoms with van der Waals surface area (Å²) < 4.78 is 25.8. The van der Waals surface area contributed by atoms with Crippen molar-refractivity contribution in [2.45, 2.75) is 19.0 Å². The largest absolute Gasteiger partial charge is 0.309 e. The van der Waals surface area contributed by atoms with Crippen LogP contribution in [0.4, 0.5) is 8.78 Å². The minimum atomic E-state index is -0.821. The Kier molecular flexibility index (Phi) is 4.88. The lowest BCUT2D eigenvalue weighted by atomic mass is 10.1. The third kappa shape index (κ3) is 4.01. The Balaban J connectivity index is 1.90. The van der Waals surface area contributed by atoms with E-state index in [1.54, 1.807) is 6.07 Å². The molecule has 0 aliphatic heterocycles. The Labute approximate surface area is 116 Å². The van der Waals surface area contributed by atoms with Crippen molar-refractivity contribution < 1.29 is 8.78 Å². The molecule has 2 aromatic rings. The SMILES string of the molecule is Fc1ccc(CNCc2cccc(CCl)c2)cc1F. The van der Waals surface area contributed by atoms with Gasteiger partial charge in [-0.15, -0.1) is 11.6 Å². The molecule has 100 valence electrons. The average molecular weight is 282 g/mol. The lowest BCUT2D eigenvalue weighted by Gasteiger charge is -2.06. The van der Waals surface area contributed by atoms with E-state index in [0.717, 1.165) is 17.2 Å². The third-order valence-corrected chi connectivity index (χ3v) is 3.10. The molecule has 0 aliphatic rings. The zero-order valence-electron chi connectivity index (χ0n) is 10.3. The lowest BCUT2D eigenvalue weighted by Crippen LogP contribution is -2.13. The van der Waals surface area contributed by atoms with Crippen molar-refractivity contribution in [3.8, 4) is 0 Å². The Morgan fingerprint density at radius 2 is 1.53 bits per heavy atom. The molecule has 0 bridgehead atoms. The Morgan fingerprint density at radius 1 is 0.842 bits per heavy atom. The van der Waals surface area contributed by atoms with Crippen LogP contribution in [0, 0.1) is 11.6 Å². The second-order valence-corrected chi connectivity index (χ2v) is 4.57. The van der Waals surface area contributed by atoms with E-state index in [0.29, 0.717) is 24.5 Å². The van der Waals surface area contributed by atoms with E-state index in [1.165, 1.54) is 6.07 Å². The summed E-state index contributed by atoms with van der Waals surface area (Å²) in [6, 6.07) is 11.8. The summed E-state index contributed by atoms with van der Waals surface area (Å²) in [5.74, 6) is -1.15. The monoisotopic (exact) mass is 281 g/mol. The molecule has 0 saturated heterocycles. The fraction of sp³-hybridized carbons (Fsp3) is 0.200. The number of halogens is 3. The molecule has 0 aliphatic carbocycles. The molecule has 0 radical (unpaired) electrons. The highest BCUT2D eigenvalue weighted by Gasteiger charge is 2.02. The number of benzene rings is 2. The zero-order valence-corrected chi connectivity index (χ0v) is 11.1. The number of hydrogen-bond acceptors (Lipinski definition) is 1. The van der Waals surface area contributed by atoms with Crippen molar-refractivity contribution in [3.05, 3.63) is 70.8 Å². The summed E-state index contributed by atoms with van der Waals surface area (Å²) in [5, 5.41) is 3.18. The molecule has 0 amide bonds. The molecule has 1 nitrogen and oxygen atoms in total. The molecule has 0 unspecified atom stereocenters. The topological polar surface area (TPSA) is 12.0 Å². The number of rotatable bonds is 5. The van der Waals surface area contributed by atoms with Gasteiger partial charge in [-0.3, -0.25) is 0 Å². The highest BCUT2D eigenvalue weighted by atomic mass is 35.5. The first kappa shape index (κ1) is 14.0. The standard InChI is InChI=1S/C15H14ClF2N/c16-8-11-2-1-3-12(6-11)9-19-10-13-4-5-14(17)15(18)7-13/h1-7,19H,8-10H2. The van der Waals surface area contributed by atoms with Gasteiger partial charge in [0.25, 0.3) is 0 Å². The van der Waals surface area contributed by atoms with Crippen LogP contribution < -0.4 is 5.32 Å². The van der Waals surface area contributed by atoms with Crippen molar-refractivity contribution in [1.29, 1.82) is 0 Å². The molecule has 4 heteroatoms. The van der Waals surface area contributed by atoms with E-state index < -0.39 is 11.6 Å². The normalized spacial score (nSPS) is 10.7. The molecule has 0 aromatic heterocycles. The van der Waals surface area contributed by atoms with Crippen LogP contribution in [0.15, 0.2) is 42.5 Å². The predicted octanol–water partition coefficient (Wildman–Crippen LogP) is 3.99. The Morgan fingerprint density at radius 3 is 2.21 bits per heavy atom. The summed E-state index contributed by atoms with van der Waals surface area (Å²) in [4.78, 5) is 0. The maximum Gasteiger partial charge on any atom is 0.159 e. The van der Waals surface area contributed by atoms with Gasteiger partial charge in [-0.25, -0.2) is 8.78 Å². The maximum absolute atomic E-state index is 13.0. The minimum Gasteiger partial charge on any atom is -0.309 e. The van der Waals surface area contributed by atoms with E-state index in [4.69, 9.17) is 11.6 Å². The van der Waals surface area contributed by atoms with Gasteiger partial charge >= 0.3 is 0 Å². The molecule has 1 N–H and O–H groups in total. The van der Waals surface area contributed by atoms with Crippen LogP contribution >= 0.6 is 11.6 Å². The molecule has 0 saturated carbocycles. The van der Waals surface area contributed by atoms with Gasteiger partial charge in [0.2, 0.25) is 0 Å². The van der Waals surface area contributed by atoms with E-state index in [1.807, 2.05) is 24.3 Å². The van der Waals surface area contributed by atoms with Gasteiger partial charge in [0, 0.05) is 19.0 Å². The second-order valence-electron chi connectivity index (χ2n) is 4.31. The second kappa shape index (κ2) is 6.64. The summed E-state index contributed by atoms with van der Waals surface area (Å²) >= 11 is 5.76. The predicted molar refractivity (Wildman–Crippen MR) is 72.9 cm³/mol. The molecule has 2 rings (SSSR count). The molecular formula is C15H14ClF2N. The Hall–Kier alpha value is -1.45. The smallest absolute Gasteiger partial charge is 0.159 e. The molecule has 2 aromatic carbocycles. The number of alkyl halides is 1. The van der Waals surface area contributed by atoms with Crippen molar-refractivity contribution in [3.63, 3.8) is 0 Å². The molecule has 0 spiro atoms. The van der Waals surface area contributed by atoms with Crippen molar-refractivity contribution in [2.24, 2.45) is 0 Å². The van der Waals surface area contributed by atoms with Crippen LogP contribution in [0.5, 0.6) is 0 Å². The number of hydrogen-bond donors (Lipinski definition) is 1. The van der Waals surface area contributed by atoms with Gasteiger partial charge in [0.05, 0.1) is 0 Å². The summed E-state index contributed by atoms with van der Waals surface area (Å²) in [7, 11) is 0.